The van der Waals surface area contributed by atoms with Gasteiger partial charge in [-0.15, -0.1) is 11.3 Å². The van der Waals surface area contributed by atoms with Crippen LogP contribution in [0.25, 0.3) is 0 Å². The summed E-state index contributed by atoms with van der Waals surface area (Å²) in [7, 11) is 0. The van der Waals surface area contributed by atoms with Gasteiger partial charge in [0.25, 0.3) is 0 Å². The molecule has 2 aliphatic rings. The standard InChI is InChI=1S/C18H31N3S/c1-14-5-4-8-20(12-14)13-17(18-15(2)6-10-22-18)21-9-7-19-11-16(21)3/h6,10,14,16-17,19H,4-5,7-9,11-13H2,1-3H3. The van der Waals surface area contributed by atoms with Gasteiger partial charge in [-0.2, -0.15) is 0 Å². The second-order valence-corrected chi connectivity index (χ2v) is 8.23. The van der Waals surface area contributed by atoms with Gasteiger partial charge >= 0.3 is 0 Å². The number of likely N-dealkylation sites (tertiary alicyclic amines) is 1. The Labute approximate surface area is 139 Å². The van der Waals surface area contributed by atoms with Crippen molar-refractivity contribution < 1.29 is 0 Å². The summed E-state index contributed by atoms with van der Waals surface area (Å²) in [6, 6.07) is 3.49. The lowest BCUT2D eigenvalue weighted by molar-refractivity contribution is 0.0714. The highest BCUT2D eigenvalue weighted by Gasteiger charge is 2.31. The highest BCUT2D eigenvalue weighted by atomic mass is 32.1. The van der Waals surface area contributed by atoms with Gasteiger partial charge in [0.15, 0.2) is 0 Å². The Bertz CT molecular complexity index is 473. The van der Waals surface area contributed by atoms with Crippen molar-refractivity contribution >= 4 is 11.3 Å². The van der Waals surface area contributed by atoms with Gasteiger partial charge in [0.2, 0.25) is 0 Å². The molecule has 1 aromatic rings. The number of piperidine rings is 1. The third kappa shape index (κ3) is 3.73. The molecule has 2 saturated heterocycles. The molecule has 0 spiro atoms. The third-order valence-corrected chi connectivity index (χ3v) is 6.45. The Kier molecular flexibility index (Phi) is 5.55. The summed E-state index contributed by atoms with van der Waals surface area (Å²) in [6.45, 7) is 14.3. The minimum atomic E-state index is 0.572. The Morgan fingerprint density at radius 1 is 1.36 bits per heavy atom. The van der Waals surface area contributed by atoms with Gasteiger partial charge in [0.05, 0.1) is 6.04 Å². The lowest BCUT2D eigenvalue weighted by atomic mass is 9.98. The van der Waals surface area contributed by atoms with Crippen LogP contribution in [0.15, 0.2) is 11.4 Å². The molecule has 3 rings (SSSR count). The molecule has 3 nitrogen and oxygen atoms in total. The molecular formula is C18H31N3S. The van der Waals surface area contributed by atoms with Gasteiger partial charge in [0.1, 0.15) is 0 Å². The van der Waals surface area contributed by atoms with Gasteiger partial charge in [-0.05, 0) is 56.2 Å². The second-order valence-electron chi connectivity index (χ2n) is 7.28. The van der Waals surface area contributed by atoms with Crippen molar-refractivity contribution in [2.24, 2.45) is 5.92 Å². The lowest BCUT2D eigenvalue weighted by Crippen LogP contribution is -2.53. The van der Waals surface area contributed by atoms with Gasteiger partial charge < -0.3 is 10.2 Å². The number of rotatable bonds is 4. The minimum Gasteiger partial charge on any atom is -0.314 e. The Balaban J connectivity index is 1.78. The van der Waals surface area contributed by atoms with Gasteiger partial charge in [-0.3, -0.25) is 4.90 Å². The number of nitrogens with zero attached hydrogens (tertiary/aromatic N) is 2. The van der Waals surface area contributed by atoms with E-state index in [1.807, 2.05) is 11.3 Å². The Morgan fingerprint density at radius 2 is 2.23 bits per heavy atom. The van der Waals surface area contributed by atoms with Crippen LogP contribution in [0, 0.1) is 12.8 Å². The van der Waals surface area contributed by atoms with E-state index in [9.17, 15) is 0 Å². The minimum absolute atomic E-state index is 0.572. The average Bonchev–Trinajstić information content (AvgIpc) is 2.92. The number of hydrogen-bond donors (Lipinski definition) is 1. The summed E-state index contributed by atoms with van der Waals surface area (Å²) >= 11 is 1.95. The van der Waals surface area contributed by atoms with Crippen LogP contribution in [0.2, 0.25) is 0 Å². The highest BCUT2D eigenvalue weighted by Crippen LogP contribution is 2.32. The maximum absolute atomic E-state index is 3.54. The molecule has 2 fully saturated rings. The van der Waals surface area contributed by atoms with Crippen molar-refractivity contribution in [3.63, 3.8) is 0 Å². The first-order valence-corrected chi connectivity index (χ1v) is 9.76. The van der Waals surface area contributed by atoms with E-state index < -0.39 is 0 Å². The van der Waals surface area contributed by atoms with Crippen molar-refractivity contribution in [1.82, 2.24) is 15.1 Å². The SMILES string of the molecule is Cc1ccsc1C(CN1CCCC(C)C1)N1CCNCC1C. The van der Waals surface area contributed by atoms with Crippen LogP contribution < -0.4 is 5.32 Å². The molecule has 124 valence electrons. The van der Waals surface area contributed by atoms with Crippen LogP contribution in [0.5, 0.6) is 0 Å². The van der Waals surface area contributed by atoms with E-state index in [1.54, 1.807) is 4.88 Å². The summed E-state index contributed by atoms with van der Waals surface area (Å²) in [5, 5.41) is 5.81. The van der Waals surface area contributed by atoms with Crippen LogP contribution in [0.3, 0.4) is 0 Å². The first-order valence-electron chi connectivity index (χ1n) is 8.88. The topological polar surface area (TPSA) is 18.5 Å². The summed E-state index contributed by atoms with van der Waals surface area (Å²) in [4.78, 5) is 7.05. The number of hydrogen-bond acceptors (Lipinski definition) is 4. The molecule has 1 N–H and O–H groups in total. The maximum atomic E-state index is 3.54. The van der Waals surface area contributed by atoms with Crippen LogP contribution in [-0.4, -0.2) is 55.1 Å². The number of aryl methyl sites for hydroxylation is 1. The molecule has 3 heterocycles. The van der Waals surface area contributed by atoms with Gasteiger partial charge in [0, 0.05) is 43.6 Å². The molecule has 4 heteroatoms. The third-order valence-electron chi connectivity index (χ3n) is 5.33. The molecule has 3 unspecified atom stereocenters. The number of thiophene rings is 1. The summed E-state index contributed by atoms with van der Waals surface area (Å²) in [5.74, 6) is 0.860. The van der Waals surface area contributed by atoms with Crippen molar-refractivity contribution in [3.8, 4) is 0 Å². The first-order chi connectivity index (χ1) is 10.6. The Morgan fingerprint density at radius 3 is 2.91 bits per heavy atom. The highest BCUT2D eigenvalue weighted by molar-refractivity contribution is 7.10. The van der Waals surface area contributed by atoms with Crippen molar-refractivity contribution in [2.45, 2.75) is 45.7 Å². The zero-order valence-corrected chi connectivity index (χ0v) is 15.2. The van der Waals surface area contributed by atoms with E-state index in [2.05, 4.69) is 47.3 Å². The molecule has 0 aliphatic carbocycles. The van der Waals surface area contributed by atoms with Gasteiger partial charge in [-0.1, -0.05) is 6.92 Å². The van der Waals surface area contributed by atoms with E-state index in [-0.39, 0.29) is 0 Å². The average molecular weight is 322 g/mol. The lowest BCUT2D eigenvalue weighted by Gasteiger charge is -2.43. The van der Waals surface area contributed by atoms with Crippen LogP contribution >= 0.6 is 11.3 Å². The number of piperazine rings is 1. The van der Waals surface area contributed by atoms with E-state index in [4.69, 9.17) is 0 Å². The summed E-state index contributed by atoms with van der Waals surface area (Å²) < 4.78 is 0. The predicted molar refractivity (Wildman–Crippen MR) is 95.7 cm³/mol. The fourth-order valence-corrected chi connectivity index (χ4v) is 5.12. The van der Waals surface area contributed by atoms with Crippen LogP contribution in [-0.2, 0) is 0 Å². The molecule has 0 saturated carbocycles. The largest absolute Gasteiger partial charge is 0.314 e. The van der Waals surface area contributed by atoms with E-state index in [1.165, 1.54) is 44.6 Å². The smallest absolute Gasteiger partial charge is 0.0575 e. The molecule has 3 atom stereocenters. The monoisotopic (exact) mass is 321 g/mol. The Hall–Kier alpha value is -0.420. The number of nitrogens with one attached hydrogen (secondary N) is 1. The van der Waals surface area contributed by atoms with E-state index in [0.717, 1.165) is 19.0 Å². The zero-order chi connectivity index (χ0) is 15.5. The molecule has 0 aromatic carbocycles. The normalized spacial score (nSPS) is 29.6. The fourth-order valence-electron chi connectivity index (χ4n) is 4.08. The molecule has 22 heavy (non-hydrogen) atoms. The van der Waals surface area contributed by atoms with Crippen LogP contribution in [0.1, 0.15) is 43.2 Å². The summed E-state index contributed by atoms with van der Waals surface area (Å²) in [5.41, 5.74) is 1.48. The molecule has 0 amide bonds. The van der Waals surface area contributed by atoms with Crippen molar-refractivity contribution in [3.05, 3.63) is 21.9 Å². The molecule has 0 bridgehead atoms. The zero-order valence-electron chi connectivity index (χ0n) is 14.3. The molecule has 0 radical (unpaired) electrons. The maximum Gasteiger partial charge on any atom is 0.0575 e. The molecule has 1 aromatic heterocycles. The quantitative estimate of drug-likeness (QED) is 0.919. The van der Waals surface area contributed by atoms with E-state index >= 15 is 0 Å². The van der Waals surface area contributed by atoms with Gasteiger partial charge in [-0.25, -0.2) is 0 Å². The predicted octanol–water partition coefficient (Wildman–Crippen LogP) is 3.12. The van der Waals surface area contributed by atoms with E-state index in [0.29, 0.717) is 12.1 Å². The van der Waals surface area contributed by atoms with Crippen LogP contribution in [0.4, 0.5) is 0 Å². The summed E-state index contributed by atoms with van der Waals surface area (Å²) in [6.07, 6.45) is 2.78. The second kappa shape index (κ2) is 7.43. The first kappa shape index (κ1) is 16.4. The molecule has 2 aliphatic heterocycles. The van der Waals surface area contributed by atoms with Crippen molar-refractivity contribution in [2.75, 3.05) is 39.3 Å². The van der Waals surface area contributed by atoms with Crippen molar-refractivity contribution in [1.29, 1.82) is 0 Å². The molecular weight excluding hydrogens is 290 g/mol. The fraction of sp³-hybridized carbons (Fsp3) is 0.778.